The fourth-order valence-corrected chi connectivity index (χ4v) is 2.92. The van der Waals surface area contributed by atoms with Crippen LogP contribution >= 0.6 is 0 Å². The minimum atomic E-state index is -0.0982. The van der Waals surface area contributed by atoms with E-state index in [2.05, 4.69) is 11.9 Å². The van der Waals surface area contributed by atoms with Crippen molar-refractivity contribution in [3.8, 4) is 5.75 Å². The van der Waals surface area contributed by atoms with Crippen LogP contribution < -0.4 is 4.90 Å². The largest absolute Gasteiger partial charge is 0.507 e. The Morgan fingerprint density at radius 2 is 2.00 bits per heavy atom. The number of ketones is 1. The molecule has 1 saturated carbocycles. The molecule has 1 aromatic carbocycles. The molecule has 2 rings (SSSR count). The zero-order valence-corrected chi connectivity index (χ0v) is 11.9. The number of Topliss-reactive ketones (excluding diaryl/α,β-unsaturated/α-hetero) is 1. The molecule has 1 aromatic rings. The summed E-state index contributed by atoms with van der Waals surface area (Å²) in [5.74, 6) is 0.743. The van der Waals surface area contributed by atoms with Gasteiger partial charge >= 0.3 is 0 Å². The quantitative estimate of drug-likeness (QED) is 0.842. The van der Waals surface area contributed by atoms with E-state index in [4.69, 9.17) is 0 Å². The van der Waals surface area contributed by atoms with Gasteiger partial charge < -0.3 is 10.0 Å². The summed E-state index contributed by atoms with van der Waals surface area (Å²) in [7, 11) is 2.05. The molecule has 0 atom stereocenters. The molecule has 1 aliphatic rings. The fraction of sp³-hybridized carbons (Fsp3) is 0.562. The molecule has 0 bridgehead atoms. The standard InChI is InChI=1S/C16H23NO2/c1-12(18)15-9-8-14(10-16(15)19)17(2)11-13-6-4-3-5-7-13/h8-10,13,19H,3-7,11H2,1-2H3. The van der Waals surface area contributed by atoms with Crippen molar-refractivity contribution < 1.29 is 9.90 Å². The van der Waals surface area contributed by atoms with Gasteiger partial charge in [0.2, 0.25) is 0 Å². The van der Waals surface area contributed by atoms with E-state index in [0.29, 0.717) is 5.56 Å². The summed E-state index contributed by atoms with van der Waals surface area (Å²) in [6.45, 7) is 2.50. The van der Waals surface area contributed by atoms with Crippen molar-refractivity contribution in [3.05, 3.63) is 23.8 Å². The van der Waals surface area contributed by atoms with Crippen molar-refractivity contribution in [2.75, 3.05) is 18.5 Å². The Balaban J connectivity index is 2.04. The highest BCUT2D eigenvalue weighted by Gasteiger charge is 2.16. The van der Waals surface area contributed by atoms with Crippen molar-refractivity contribution in [1.82, 2.24) is 0 Å². The first-order valence-corrected chi connectivity index (χ1v) is 7.13. The number of benzene rings is 1. The lowest BCUT2D eigenvalue weighted by molar-refractivity contribution is 0.101. The average molecular weight is 261 g/mol. The van der Waals surface area contributed by atoms with Crippen LogP contribution in [0.3, 0.4) is 0 Å². The number of rotatable bonds is 4. The maximum Gasteiger partial charge on any atom is 0.163 e. The third-order valence-corrected chi connectivity index (χ3v) is 4.06. The first-order chi connectivity index (χ1) is 9.08. The van der Waals surface area contributed by atoms with Gasteiger partial charge in [0.1, 0.15) is 5.75 Å². The van der Waals surface area contributed by atoms with E-state index < -0.39 is 0 Å². The SMILES string of the molecule is CC(=O)c1ccc(N(C)CC2CCCCC2)cc1O. The number of phenolic OH excluding ortho intramolecular Hbond substituents is 1. The van der Waals surface area contributed by atoms with Crippen molar-refractivity contribution in [3.63, 3.8) is 0 Å². The number of phenols is 1. The molecule has 1 N–H and O–H groups in total. The van der Waals surface area contributed by atoms with Crippen molar-refractivity contribution in [2.45, 2.75) is 39.0 Å². The smallest absolute Gasteiger partial charge is 0.163 e. The van der Waals surface area contributed by atoms with Crippen molar-refractivity contribution in [2.24, 2.45) is 5.92 Å². The molecule has 3 nitrogen and oxygen atoms in total. The molecule has 0 heterocycles. The highest BCUT2D eigenvalue weighted by atomic mass is 16.3. The molecule has 0 unspecified atom stereocenters. The molecule has 0 radical (unpaired) electrons. The second kappa shape index (κ2) is 6.09. The van der Waals surface area contributed by atoms with Gasteiger partial charge in [-0.3, -0.25) is 4.79 Å². The van der Waals surface area contributed by atoms with Gasteiger partial charge in [0.25, 0.3) is 0 Å². The minimum absolute atomic E-state index is 0.0838. The Morgan fingerprint density at radius 3 is 2.58 bits per heavy atom. The normalized spacial score (nSPS) is 16.3. The molecule has 1 aliphatic carbocycles. The van der Waals surface area contributed by atoms with Crippen LogP contribution in [0.2, 0.25) is 0 Å². The molecule has 0 spiro atoms. The summed E-state index contributed by atoms with van der Waals surface area (Å²) in [6, 6.07) is 5.32. The molecular weight excluding hydrogens is 238 g/mol. The zero-order chi connectivity index (χ0) is 13.8. The lowest BCUT2D eigenvalue weighted by Crippen LogP contribution is -2.26. The molecule has 0 saturated heterocycles. The first kappa shape index (κ1) is 13.9. The van der Waals surface area contributed by atoms with Gasteiger partial charge in [-0.25, -0.2) is 0 Å². The number of carbonyl (C=O) groups excluding carboxylic acids is 1. The third-order valence-electron chi connectivity index (χ3n) is 4.06. The van der Waals surface area contributed by atoms with E-state index >= 15 is 0 Å². The molecule has 19 heavy (non-hydrogen) atoms. The van der Waals surface area contributed by atoms with Crippen LogP contribution in [0.15, 0.2) is 18.2 Å². The van der Waals surface area contributed by atoms with E-state index in [1.807, 2.05) is 6.07 Å². The topological polar surface area (TPSA) is 40.5 Å². The Bertz CT molecular complexity index is 450. The van der Waals surface area contributed by atoms with Crippen molar-refractivity contribution in [1.29, 1.82) is 0 Å². The van der Waals surface area contributed by atoms with Gasteiger partial charge in [0.05, 0.1) is 5.56 Å². The summed E-state index contributed by atoms with van der Waals surface area (Å²) in [4.78, 5) is 13.5. The number of aromatic hydroxyl groups is 1. The van der Waals surface area contributed by atoms with Crippen LogP contribution in [0.25, 0.3) is 0 Å². The monoisotopic (exact) mass is 261 g/mol. The van der Waals surface area contributed by atoms with E-state index in [1.165, 1.54) is 39.0 Å². The second-order valence-corrected chi connectivity index (χ2v) is 5.64. The average Bonchev–Trinajstić information content (AvgIpc) is 2.39. The number of hydrogen-bond donors (Lipinski definition) is 1. The van der Waals surface area contributed by atoms with Gasteiger partial charge in [-0.1, -0.05) is 19.3 Å². The summed E-state index contributed by atoms with van der Waals surface area (Å²) in [5, 5.41) is 9.87. The number of nitrogens with zero attached hydrogens (tertiary/aromatic N) is 1. The first-order valence-electron chi connectivity index (χ1n) is 7.13. The summed E-state index contributed by atoms with van der Waals surface area (Å²) < 4.78 is 0. The zero-order valence-electron chi connectivity index (χ0n) is 11.9. The number of hydrogen-bond acceptors (Lipinski definition) is 3. The van der Waals surface area contributed by atoms with Gasteiger partial charge in [-0.05, 0) is 37.8 Å². The van der Waals surface area contributed by atoms with Crippen LogP contribution in [0.5, 0.6) is 5.75 Å². The van der Waals surface area contributed by atoms with Crippen LogP contribution in [0.4, 0.5) is 5.69 Å². The van der Waals surface area contributed by atoms with E-state index in [9.17, 15) is 9.90 Å². The van der Waals surface area contributed by atoms with Gasteiger partial charge in [0.15, 0.2) is 5.78 Å². The fourth-order valence-electron chi connectivity index (χ4n) is 2.92. The van der Waals surface area contributed by atoms with E-state index in [1.54, 1.807) is 12.1 Å². The maximum atomic E-state index is 11.3. The molecule has 0 aliphatic heterocycles. The molecule has 0 aromatic heterocycles. The minimum Gasteiger partial charge on any atom is -0.507 e. The third kappa shape index (κ3) is 3.49. The van der Waals surface area contributed by atoms with Gasteiger partial charge in [-0.2, -0.15) is 0 Å². The summed E-state index contributed by atoms with van der Waals surface area (Å²) in [6.07, 6.45) is 6.66. The predicted octanol–water partition coefficient (Wildman–Crippen LogP) is 3.61. The van der Waals surface area contributed by atoms with Crippen molar-refractivity contribution >= 4 is 11.5 Å². The Morgan fingerprint density at radius 1 is 1.32 bits per heavy atom. The van der Waals surface area contributed by atoms with Gasteiger partial charge in [-0.15, -0.1) is 0 Å². The predicted molar refractivity (Wildman–Crippen MR) is 78.0 cm³/mol. The number of anilines is 1. The maximum absolute atomic E-state index is 11.3. The Hall–Kier alpha value is -1.51. The highest BCUT2D eigenvalue weighted by Crippen LogP contribution is 2.28. The lowest BCUT2D eigenvalue weighted by Gasteiger charge is -2.28. The molecular formula is C16H23NO2. The van der Waals surface area contributed by atoms with E-state index in [0.717, 1.165) is 18.2 Å². The van der Waals surface area contributed by atoms with E-state index in [-0.39, 0.29) is 11.5 Å². The van der Waals surface area contributed by atoms with Gasteiger partial charge in [0, 0.05) is 25.3 Å². The molecule has 104 valence electrons. The molecule has 1 fully saturated rings. The van der Waals surface area contributed by atoms with Crippen LogP contribution in [0.1, 0.15) is 49.4 Å². The second-order valence-electron chi connectivity index (χ2n) is 5.64. The molecule has 0 amide bonds. The summed E-state index contributed by atoms with van der Waals surface area (Å²) in [5.41, 5.74) is 1.38. The Labute approximate surface area is 115 Å². The highest BCUT2D eigenvalue weighted by molar-refractivity contribution is 5.97. The Kier molecular flexibility index (Phi) is 4.46. The lowest BCUT2D eigenvalue weighted by atomic mass is 9.89. The number of carbonyl (C=O) groups is 1. The summed E-state index contributed by atoms with van der Waals surface area (Å²) >= 11 is 0. The van der Waals surface area contributed by atoms with Crippen LogP contribution in [0, 0.1) is 5.92 Å². The molecule has 3 heteroatoms. The van der Waals surface area contributed by atoms with Crippen LogP contribution in [-0.2, 0) is 0 Å². The van der Waals surface area contributed by atoms with Crippen LogP contribution in [-0.4, -0.2) is 24.5 Å².